The highest BCUT2D eigenvalue weighted by Gasteiger charge is 2.60. The van der Waals surface area contributed by atoms with Gasteiger partial charge in [-0.25, -0.2) is 0 Å². The predicted molar refractivity (Wildman–Crippen MR) is 119 cm³/mol. The number of hydrogen-bond donors (Lipinski definition) is 1. The topological polar surface area (TPSA) is 20.2 Å². The van der Waals surface area contributed by atoms with Gasteiger partial charge in [0.2, 0.25) is 0 Å². The minimum Gasteiger partial charge on any atom is -0.393 e. The maximum absolute atomic E-state index is 10.3. The van der Waals surface area contributed by atoms with Crippen LogP contribution in [-0.4, -0.2) is 11.2 Å². The molecule has 4 aliphatic rings. The standard InChI is InChI=1S/C27H48O/c1-18(11-14-25(2,3)4)22-9-10-23-21-8-7-19-17-20(28)12-15-26(19,5)24(21)13-16-27(22,23)6/h18-24,28H,7-17H2,1-6H3. The van der Waals surface area contributed by atoms with E-state index < -0.39 is 0 Å². The number of rotatable bonds is 3. The summed E-state index contributed by atoms with van der Waals surface area (Å²) in [5.41, 5.74) is 1.61. The predicted octanol–water partition coefficient (Wildman–Crippen LogP) is 7.47. The van der Waals surface area contributed by atoms with Crippen molar-refractivity contribution in [1.82, 2.24) is 0 Å². The third-order valence-electron chi connectivity index (χ3n) is 10.7. The average Bonchev–Trinajstić information content (AvgIpc) is 2.97. The summed E-state index contributed by atoms with van der Waals surface area (Å²) in [5, 5.41) is 10.3. The Bertz CT molecular complexity index is 561. The Kier molecular flexibility index (Phi) is 5.51. The van der Waals surface area contributed by atoms with Crippen molar-refractivity contribution in [2.75, 3.05) is 0 Å². The quantitative estimate of drug-likeness (QED) is 0.531. The Hall–Kier alpha value is -0.0400. The fraction of sp³-hybridized carbons (Fsp3) is 1.00. The zero-order valence-corrected chi connectivity index (χ0v) is 19.8. The Morgan fingerprint density at radius 3 is 2.29 bits per heavy atom. The maximum atomic E-state index is 10.3. The molecule has 1 heteroatoms. The molecule has 0 amide bonds. The van der Waals surface area contributed by atoms with E-state index in [2.05, 4.69) is 41.5 Å². The maximum Gasteiger partial charge on any atom is 0.0543 e. The minimum atomic E-state index is -0.0111. The highest BCUT2D eigenvalue weighted by molar-refractivity contribution is 5.09. The zero-order valence-electron chi connectivity index (χ0n) is 19.8. The number of fused-ring (bicyclic) bond motifs is 5. The van der Waals surface area contributed by atoms with Crippen LogP contribution in [0.15, 0.2) is 0 Å². The molecule has 0 aromatic rings. The summed E-state index contributed by atoms with van der Waals surface area (Å²) >= 11 is 0. The van der Waals surface area contributed by atoms with E-state index in [1.54, 1.807) is 0 Å². The lowest BCUT2D eigenvalue weighted by atomic mass is 9.44. The molecular formula is C27H48O. The van der Waals surface area contributed by atoms with Crippen LogP contribution >= 0.6 is 0 Å². The molecule has 9 atom stereocenters. The van der Waals surface area contributed by atoms with Crippen LogP contribution in [0.4, 0.5) is 0 Å². The lowest BCUT2D eigenvalue weighted by molar-refractivity contribution is -0.129. The molecule has 162 valence electrons. The number of hydrogen-bond acceptors (Lipinski definition) is 1. The van der Waals surface area contributed by atoms with E-state index >= 15 is 0 Å². The molecule has 0 bridgehead atoms. The average molecular weight is 389 g/mol. The van der Waals surface area contributed by atoms with Crippen LogP contribution < -0.4 is 0 Å². The summed E-state index contributed by atoms with van der Waals surface area (Å²) in [4.78, 5) is 0. The molecule has 0 aromatic carbocycles. The van der Waals surface area contributed by atoms with Crippen molar-refractivity contribution in [3.8, 4) is 0 Å². The minimum absolute atomic E-state index is 0.0111. The summed E-state index contributed by atoms with van der Waals surface area (Å²) < 4.78 is 0. The lowest BCUT2D eigenvalue weighted by Crippen LogP contribution is -2.54. The van der Waals surface area contributed by atoms with Crippen molar-refractivity contribution in [3.05, 3.63) is 0 Å². The van der Waals surface area contributed by atoms with Gasteiger partial charge in [-0.05, 0) is 122 Å². The Labute approximate surface area is 175 Å². The van der Waals surface area contributed by atoms with Crippen molar-refractivity contribution in [2.24, 2.45) is 51.8 Å². The van der Waals surface area contributed by atoms with Gasteiger partial charge in [0, 0.05) is 0 Å². The zero-order chi connectivity index (χ0) is 20.3. The van der Waals surface area contributed by atoms with E-state index in [1.165, 1.54) is 57.8 Å². The molecule has 4 saturated carbocycles. The molecule has 0 spiro atoms. The first-order valence-corrected chi connectivity index (χ1v) is 12.7. The molecule has 4 aliphatic carbocycles. The molecule has 1 N–H and O–H groups in total. The molecular weight excluding hydrogens is 340 g/mol. The summed E-state index contributed by atoms with van der Waals surface area (Å²) in [6.45, 7) is 15.1. The van der Waals surface area contributed by atoms with Crippen LogP contribution in [0, 0.1) is 51.8 Å². The second-order valence-corrected chi connectivity index (χ2v) is 13.4. The Balaban J connectivity index is 1.49. The van der Waals surface area contributed by atoms with E-state index in [0.29, 0.717) is 16.2 Å². The van der Waals surface area contributed by atoms with Gasteiger partial charge in [-0.3, -0.25) is 0 Å². The van der Waals surface area contributed by atoms with Crippen LogP contribution in [0.2, 0.25) is 0 Å². The van der Waals surface area contributed by atoms with Crippen molar-refractivity contribution in [2.45, 2.75) is 118 Å². The molecule has 0 saturated heterocycles. The van der Waals surface area contributed by atoms with Crippen LogP contribution in [0.25, 0.3) is 0 Å². The van der Waals surface area contributed by atoms with E-state index in [-0.39, 0.29) is 6.10 Å². The molecule has 4 rings (SSSR count). The molecule has 4 fully saturated rings. The SMILES string of the molecule is CC(CCC(C)(C)C)C1CCC2C3CCC4CC(O)CCC4(C)C3CCC12C. The molecule has 0 aliphatic heterocycles. The second-order valence-electron chi connectivity index (χ2n) is 13.4. The molecule has 1 nitrogen and oxygen atoms in total. The summed E-state index contributed by atoms with van der Waals surface area (Å²) in [5.74, 6) is 5.56. The van der Waals surface area contributed by atoms with E-state index in [1.807, 2.05) is 0 Å². The Morgan fingerprint density at radius 1 is 0.893 bits per heavy atom. The van der Waals surface area contributed by atoms with Gasteiger partial charge in [-0.2, -0.15) is 0 Å². The van der Waals surface area contributed by atoms with Gasteiger partial charge in [-0.15, -0.1) is 0 Å². The first kappa shape index (κ1) is 21.2. The van der Waals surface area contributed by atoms with Gasteiger partial charge >= 0.3 is 0 Å². The monoisotopic (exact) mass is 388 g/mol. The molecule has 9 unspecified atom stereocenters. The van der Waals surface area contributed by atoms with E-state index in [0.717, 1.165) is 48.3 Å². The number of aliphatic hydroxyl groups is 1. The largest absolute Gasteiger partial charge is 0.393 e. The van der Waals surface area contributed by atoms with Gasteiger partial charge in [0.25, 0.3) is 0 Å². The van der Waals surface area contributed by atoms with Crippen LogP contribution in [0.1, 0.15) is 112 Å². The Morgan fingerprint density at radius 2 is 1.57 bits per heavy atom. The molecule has 28 heavy (non-hydrogen) atoms. The van der Waals surface area contributed by atoms with Gasteiger partial charge in [0.1, 0.15) is 0 Å². The summed E-state index contributed by atoms with van der Waals surface area (Å²) in [6.07, 6.45) is 15.0. The van der Waals surface area contributed by atoms with Crippen molar-refractivity contribution in [3.63, 3.8) is 0 Å². The van der Waals surface area contributed by atoms with Crippen molar-refractivity contribution in [1.29, 1.82) is 0 Å². The molecule has 0 radical (unpaired) electrons. The third-order valence-corrected chi connectivity index (χ3v) is 10.7. The third kappa shape index (κ3) is 3.50. The van der Waals surface area contributed by atoms with Crippen molar-refractivity contribution >= 4 is 0 Å². The van der Waals surface area contributed by atoms with Gasteiger partial charge < -0.3 is 5.11 Å². The number of aliphatic hydroxyl groups excluding tert-OH is 1. The smallest absolute Gasteiger partial charge is 0.0543 e. The highest BCUT2D eigenvalue weighted by atomic mass is 16.3. The molecule has 0 heterocycles. The fourth-order valence-corrected chi connectivity index (χ4v) is 9.07. The van der Waals surface area contributed by atoms with Crippen molar-refractivity contribution < 1.29 is 5.11 Å². The highest BCUT2D eigenvalue weighted by Crippen LogP contribution is 2.68. The van der Waals surface area contributed by atoms with E-state index in [4.69, 9.17) is 0 Å². The summed E-state index contributed by atoms with van der Waals surface area (Å²) in [6, 6.07) is 0. The van der Waals surface area contributed by atoms with Crippen LogP contribution in [-0.2, 0) is 0 Å². The molecule has 0 aromatic heterocycles. The first-order valence-electron chi connectivity index (χ1n) is 12.7. The van der Waals surface area contributed by atoms with Gasteiger partial charge in [0.15, 0.2) is 0 Å². The summed E-state index contributed by atoms with van der Waals surface area (Å²) in [7, 11) is 0. The van der Waals surface area contributed by atoms with Gasteiger partial charge in [0.05, 0.1) is 6.10 Å². The second kappa shape index (κ2) is 7.28. The van der Waals surface area contributed by atoms with Crippen LogP contribution in [0.5, 0.6) is 0 Å². The fourth-order valence-electron chi connectivity index (χ4n) is 9.07. The normalized spacial score (nSPS) is 49.8. The lowest BCUT2D eigenvalue weighted by Gasteiger charge is -2.61. The van der Waals surface area contributed by atoms with Gasteiger partial charge in [-0.1, -0.05) is 41.5 Å². The van der Waals surface area contributed by atoms with E-state index in [9.17, 15) is 5.11 Å². The first-order chi connectivity index (χ1) is 13.0. The van der Waals surface area contributed by atoms with Crippen LogP contribution in [0.3, 0.4) is 0 Å².